The van der Waals surface area contributed by atoms with Gasteiger partial charge in [0, 0.05) is 16.1 Å². The molecule has 0 spiro atoms. The van der Waals surface area contributed by atoms with Crippen LogP contribution in [0.25, 0.3) is 0 Å². The minimum atomic E-state index is -4.66. The molecule has 1 amide bonds. The molecule has 2 rings (SSSR count). The zero-order valence-electron chi connectivity index (χ0n) is 11.8. The normalized spacial score (nSPS) is 11.2. The Hall–Kier alpha value is -1.63. The summed E-state index contributed by atoms with van der Waals surface area (Å²) in [6, 6.07) is 7.42. The van der Waals surface area contributed by atoms with Crippen LogP contribution >= 0.6 is 34.8 Å². The molecule has 0 saturated heterocycles. The first-order chi connectivity index (χ1) is 11.2. The van der Waals surface area contributed by atoms with Gasteiger partial charge < -0.3 is 10.1 Å². The molecule has 9 heteroatoms. The number of halogens is 6. The highest BCUT2D eigenvalue weighted by molar-refractivity contribution is 6.34. The zero-order valence-corrected chi connectivity index (χ0v) is 14.0. The number of alkyl halides is 3. The van der Waals surface area contributed by atoms with E-state index in [1.54, 1.807) is 0 Å². The fraction of sp³-hybridized carbons (Fsp3) is 0.133. The van der Waals surface area contributed by atoms with E-state index >= 15 is 0 Å². The Kier molecular flexibility index (Phi) is 5.85. The smallest absolute Gasteiger partial charge is 0.418 e. The molecule has 0 fully saturated rings. The first kappa shape index (κ1) is 18.7. The predicted molar refractivity (Wildman–Crippen MR) is 87.0 cm³/mol. The third-order valence-corrected chi connectivity index (χ3v) is 3.60. The van der Waals surface area contributed by atoms with Gasteiger partial charge in [0.1, 0.15) is 5.75 Å². The van der Waals surface area contributed by atoms with Crippen molar-refractivity contribution in [3.63, 3.8) is 0 Å². The molecule has 0 saturated carbocycles. The Morgan fingerprint density at radius 3 is 2.33 bits per heavy atom. The van der Waals surface area contributed by atoms with Crippen LogP contribution in [0.2, 0.25) is 15.1 Å². The summed E-state index contributed by atoms with van der Waals surface area (Å²) in [5, 5.41) is 2.59. The van der Waals surface area contributed by atoms with Crippen molar-refractivity contribution in [1.82, 2.24) is 0 Å². The monoisotopic (exact) mass is 397 g/mol. The lowest BCUT2D eigenvalue weighted by Gasteiger charge is -2.14. The maximum Gasteiger partial charge on any atom is 0.418 e. The molecule has 2 aromatic rings. The van der Waals surface area contributed by atoms with Crippen LogP contribution in [0.4, 0.5) is 18.9 Å². The first-order valence-electron chi connectivity index (χ1n) is 6.41. The Balaban J connectivity index is 2.09. The number of hydrogen-bond donors (Lipinski definition) is 1. The van der Waals surface area contributed by atoms with Gasteiger partial charge in [-0.15, -0.1) is 0 Å². The Morgan fingerprint density at radius 2 is 1.67 bits per heavy atom. The highest BCUT2D eigenvalue weighted by Gasteiger charge is 2.34. The van der Waals surface area contributed by atoms with Crippen molar-refractivity contribution >= 4 is 46.4 Å². The molecule has 0 aliphatic rings. The zero-order chi connectivity index (χ0) is 17.9. The van der Waals surface area contributed by atoms with E-state index in [1.807, 2.05) is 0 Å². The summed E-state index contributed by atoms with van der Waals surface area (Å²) in [6.07, 6.45) is -4.66. The van der Waals surface area contributed by atoms with Gasteiger partial charge in [-0.05, 0) is 30.3 Å². The summed E-state index contributed by atoms with van der Waals surface area (Å²) in [5.41, 5.74) is -1.47. The van der Waals surface area contributed by atoms with E-state index in [-0.39, 0.29) is 15.8 Å². The SMILES string of the molecule is O=C(COc1cc(Cl)ccc1Cl)Nc1ccc(Cl)cc1C(F)(F)F. The van der Waals surface area contributed by atoms with Crippen LogP contribution < -0.4 is 10.1 Å². The fourth-order valence-corrected chi connectivity index (χ4v) is 2.28. The van der Waals surface area contributed by atoms with Gasteiger partial charge >= 0.3 is 6.18 Å². The van der Waals surface area contributed by atoms with E-state index < -0.39 is 29.9 Å². The third-order valence-electron chi connectivity index (χ3n) is 2.81. The predicted octanol–water partition coefficient (Wildman–Crippen LogP) is 5.68. The molecule has 0 radical (unpaired) electrons. The van der Waals surface area contributed by atoms with Gasteiger partial charge in [-0.3, -0.25) is 4.79 Å². The lowest BCUT2D eigenvalue weighted by atomic mass is 10.1. The molecule has 3 nitrogen and oxygen atoms in total. The van der Waals surface area contributed by atoms with Crippen molar-refractivity contribution in [3.8, 4) is 5.75 Å². The van der Waals surface area contributed by atoms with Crippen LogP contribution in [0, 0.1) is 0 Å². The van der Waals surface area contributed by atoms with Gasteiger partial charge in [-0.1, -0.05) is 34.8 Å². The second-order valence-electron chi connectivity index (χ2n) is 4.60. The Labute approximate surface area is 150 Å². The lowest BCUT2D eigenvalue weighted by molar-refractivity contribution is -0.137. The standard InChI is InChI=1S/C15H9Cl3F3NO2/c16-8-2-4-12(10(5-8)15(19,20)21)22-14(23)7-24-13-6-9(17)1-3-11(13)18/h1-6H,7H2,(H,22,23). The van der Waals surface area contributed by atoms with Crippen LogP contribution in [0.1, 0.15) is 5.56 Å². The van der Waals surface area contributed by atoms with Gasteiger partial charge in [0.15, 0.2) is 6.61 Å². The molecule has 0 atom stereocenters. The third kappa shape index (κ3) is 4.93. The molecular weight excluding hydrogens is 390 g/mol. The van der Waals surface area contributed by atoms with Gasteiger partial charge in [-0.25, -0.2) is 0 Å². The molecule has 0 heterocycles. The average molecular weight is 399 g/mol. The number of rotatable bonds is 4. The van der Waals surface area contributed by atoms with E-state index in [2.05, 4.69) is 5.32 Å². The molecule has 0 unspecified atom stereocenters. The van der Waals surface area contributed by atoms with Crippen LogP contribution in [-0.4, -0.2) is 12.5 Å². The van der Waals surface area contributed by atoms with E-state index in [1.165, 1.54) is 24.3 Å². The van der Waals surface area contributed by atoms with E-state index in [0.29, 0.717) is 5.02 Å². The van der Waals surface area contributed by atoms with E-state index in [9.17, 15) is 18.0 Å². The van der Waals surface area contributed by atoms with Crippen LogP contribution in [0.5, 0.6) is 5.75 Å². The minimum absolute atomic E-state index is 0.0951. The van der Waals surface area contributed by atoms with Crippen molar-refractivity contribution < 1.29 is 22.7 Å². The van der Waals surface area contributed by atoms with E-state index in [4.69, 9.17) is 39.5 Å². The summed E-state index contributed by atoms with van der Waals surface area (Å²) in [5.74, 6) is -0.648. The molecule has 24 heavy (non-hydrogen) atoms. The largest absolute Gasteiger partial charge is 0.482 e. The number of amides is 1. The summed E-state index contributed by atoms with van der Waals surface area (Å²) in [6.45, 7) is -0.542. The van der Waals surface area contributed by atoms with Crippen LogP contribution in [0.3, 0.4) is 0 Å². The Morgan fingerprint density at radius 1 is 1.04 bits per heavy atom. The number of carbonyl (C=O) groups is 1. The molecular formula is C15H9Cl3F3NO2. The molecule has 0 aromatic heterocycles. The molecule has 0 aliphatic carbocycles. The lowest BCUT2D eigenvalue weighted by Crippen LogP contribution is -2.22. The number of hydrogen-bond acceptors (Lipinski definition) is 2. The summed E-state index contributed by atoms with van der Waals surface area (Å²) in [7, 11) is 0. The van der Waals surface area contributed by atoms with Crippen molar-refractivity contribution in [2.45, 2.75) is 6.18 Å². The molecule has 0 bridgehead atoms. The molecule has 1 N–H and O–H groups in total. The van der Waals surface area contributed by atoms with Crippen molar-refractivity contribution in [2.24, 2.45) is 0 Å². The summed E-state index contributed by atoms with van der Waals surface area (Å²) >= 11 is 17.2. The van der Waals surface area contributed by atoms with Gasteiger partial charge in [0.25, 0.3) is 5.91 Å². The van der Waals surface area contributed by atoms with Gasteiger partial charge in [0.05, 0.1) is 16.3 Å². The second-order valence-corrected chi connectivity index (χ2v) is 5.88. The van der Waals surface area contributed by atoms with Gasteiger partial charge in [-0.2, -0.15) is 13.2 Å². The molecule has 2 aromatic carbocycles. The maximum atomic E-state index is 13.0. The van der Waals surface area contributed by atoms with Crippen LogP contribution in [0.15, 0.2) is 36.4 Å². The quantitative estimate of drug-likeness (QED) is 0.719. The van der Waals surface area contributed by atoms with Crippen molar-refractivity contribution in [1.29, 1.82) is 0 Å². The van der Waals surface area contributed by atoms with Crippen molar-refractivity contribution in [2.75, 3.05) is 11.9 Å². The second kappa shape index (κ2) is 7.51. The first-order valence-corrected chi connectivity index (χ1v) is 7.54. The number of carbonyl (C=O) groups excluding carboxylic acids is 1. The molecule has 128 valence electrons. The summed E-state index contributed by atoms with van der Waals surface area (Å²) in [4.78, 5) is 11.8. The number of ether oxygens (including phenoxy) is 1. The number of benzene rings is 2. The minimum Gasteiger partial charge on any atom is -0.482 e. The topological polar surface area (TPSA) is 38.3 Å². The highest BCUT2D eigenvalue weighted by Crippen LogP contribution is 2.36. The van der Waals surface area contributed by atoms with Gasteiger partial charge in [0.2, 0.25) is 0 Å². The van der Waals surface area contributed by atoms with Crippen molar-refractivity contribution in [3.05, 3.63) is 57.0 Å². The fourth-order valence-electron chi connectivity index (χ4n) is 1.78. The molecule has 0 aliphatic heterocycles. The average Bonchev–Trinajstić information content (AvgIpc) is 2.49. The maximum absolute atomic E-state index is 13.0. The summed E-state index contributed by atoms with van der Waals surface area (Å²) < 4.78 is 44.0. The Bertz CT molecular complexity index is 766. The van der Waals surface area contributed by atoms with Crippen LogP contribution in [-0.2, 0) is 11.0 Å². The highest BCUT2D eigenvalue weighted by atomic mass is 35.5. The van der Waals surface area contributed by atoms with E-state index in [0.717, 1.165) is 12.1 Å². The number of anilines is 1. The number of nitrogens with one attached hydrogen (secondary N) is 1.